The maximum Gasteiger partial charge on any atom is 0.317 e. The number of carbonyl (C=O) groups excluding carboxylic acids is 1. The minimum atomic E-state index is -3.80. The fourth-order valence-corrected chi connectivity index (χ4v) is 5.70. The lowest BCUT2D eigenvalue weighted by Crippen LogP contribution is -2.57. The molecule has 0 bridgehead atoms. The number of nitrogens with one attached hydrogen (secondary N) is 1. The van der Waals surface area contributed by atoms with Crippen molar-refractivity contribution in [3.8, 4) is 5.75 Å². The summed E-state index contributed by atoms with van der Waals surface area (Å²) in [6.45, 7) is 9.82. The monoisotopic (exact) mass is 438 g/mol. The van der Waals surface area contributed by atoms with Crippen LogP contribution in [0.15, 0.2) is 23.1 Å². The maximum atomic E-state index is 12.9. The molecule has 3 rings (SSSR count). The van der Waals surface area contributed by atoms with Crippen molar-refractivity contribution in [1.82, 2.24) is 19.4 Å². The number of nitrogens with zero attached hydrogens (tertiary/aromatic N) is 3. The summed E-state index contributed by atoms with van der Waals surface area (Å²) in [6, 6.07) is 4.39. The number of aryl methyl sites for hydroxylation is 1. The van der Waals surface area contributed by atoms with Gasteiger partial charge in [0.15, 0.2) is 0 Å². The van der Waals surface area contributed by atoms with Crippen molar-refractivity contribution < 1.29 is 18.3 Å². The lowest BCUT2D eigenvalue weighted by Gasteiger charge is -2.41. The van der Waals surface area contributed by atoms with Gasteiger partial charge in [0, 0.05) is 38.3 Å². The molecular formula is C21H34N4O4S. The fourth-order valence-electron chi connectivity index (χ4n) is 4.11. The van der Waals surface area contributed by atoms with Gasteiger partial charge in [0.25, 0.3) is 0 Å². The van der Waals surface area contributed by atoms with E-state index in [1.165, 1.54) is 35.7 Å². The van der Waals surface area contributed by atoms with Crippen LogP contribution in [0.1, 0.15) is 38.7 Å². The summed E-state index contributed by atoms with van der Waals surface area (Å²) < 4.78 is 27.2. The van der Waals surface area contributed by atoms with Crippen LogP contribution in [0, 0.1) is 6.92 Å². The molecule has 2 aliphatic rings. The van der Waals surface area contributed by atoms with Gasteiger partial charge in [-0.15, -0.1) is 0 Å². The molecule has 2 fully saturated rings. The topological polar surface area (TPSA) is 93.2 Å². The first kappa shape index (κ1) is 22.8. The smallest absolute Gasteiger partial charge is 0.317 e. The first-order valence-electron chi connectivity index (χ1n) is 10.7. The van der Waals surface area contributed by atoms with Crippen molar-refractivity contribution >= 4 is 16.1 Å². The number of aromatic hydroxyl groups is 1. The minimum absolute atomic E-state index is 0.0799. The number of piperidine rings is 1. The van der Waals surface area contributed by atoms with Gasteiger partial charge in [-0.3, -0.25) is 4.90 Å². The molecule has 0 radical (unpaired) electrons. The Morgan fingerprint density at radius 2 is 1.70 bits per heavy atom. The first-order valence-corrected chi connectivity index (χ1v) is 12.1. The molecule has 1 aromatic carbocycles. The average molecular weight is 439 g/mol. The van der Waals surface area contributed by atoms with E-state index in [-0.39, 0.29) is 35.3 Å². The summed E-state index contributed by atoms with van der Waals surface area (Å²) in [5, 5.41) is 13.0. The molecular weight excluding hydrogens is 404 g/mol. The zero-order valence-corrected chi connectivity index (χ0v) is 19.0. The van der Waals surface area contributed by atoms with Gasteiger partial charge in [0.05, 0.1) is 0 Å². The highest BCUT2D eigenvalue weighted by atomic mass is 32.2. The number of amides is 2. The van der Waals surface area contributed by atoms with Gasteiger partial charge < -0.3 is 15.3 Å². The van der Waals surface area contributed by atoms with Gasteiger partial charge in [-0.25, -0.2) is 13.2 Å². The fraction of sp³-hybridized carbons (Fsp3) is 0.667. The highest BCUT2D eigenvalue weighted by Gasteiger charge is 2.33. The number of piperazine rings is 1. The quantitative estimate of drug-likeness (QED) is 0.733. The number of phenols is 1. The molecule has 2 amide bonds. The van der Waals surface area contributed by atoms with Crippen LogP contribution in [0.3, 0.4) is 0 Å². The molecule has 1 aromatic rings. The maximum absolute atomic E-state index is 12.9. The number of rotatable bonds is 5. The lowest BCUT2D eigenvalue weighted by atomic mass is 9.98. The van der Waals surface area contributed by atoms with Crippen LogP contribution in [0.25, 0.3) is 0 Å². The zero-order chi connectivity index (χ0) is 21.9. The SMILES string of the molecule is Cc1ccc(O)c(S(=O)(=O)N2CCN(C(=O)NCC(C)(C)N3CCCCC3)CC2)c1. The van der Waals surface area contributed by atoms with Gasteiger partial charge in [0.1, 0.15) is 10.6 Å². The van der Waals surface area contributed by atoms with Crippen molar-refractivity contribution in [3.63, 3.8) is 0 Å². The average Bonchev–Trinajstić information content (AvgIpc) is 2.74. The van der Waals surface area contributed by atoms with Crippen molar-refractivity contribution in [2.75, 3.05) is 45.8 Å². The molecule has 0 unspecified atom stereocenters. The Balaban J connectivity index is 1.54. The first-order chi connectivity index (χ1) is 14.1. The molecule has 2 aliphatic heterocycles. The van der Waals surface area contributed by atoms with Crippen LogP contribution < -0.4 is 5.32 Å². The largest absolute Gasteiger partial charge is 0.507 e. The molecule has 30 heavy (non-hydrogen) atoms. The number of sulfonamides is 1. The Hall–Kier alpha value is -1.84. The Morgan fingerprint density at radius 1 is 1.07 bits per heavy atom. The molecule has 0 aromatic heterocycles. The Morgan fingerprint density at radius 3 is 2.33 bits per heavy atom. The van der Waals surface area contributed by atoms with E-state index in [1.54, 1.807) is 17.9 Å². The molecule has 2 N–H and O–H groups in total. The second kappa shape index (κ2) is 9.11. The summed E-state index contributed by atoms with van der Waals surface area (Å²) >= 11 is 0. The predicted molar refractivity (Wildman–Crippen MR) is 116 cm³/mol. The van der Waals surface area contributed by atoms with E-state index in [9.17, 15) is 18.3 Å². The third-order valence-corrected chi connectivity index (χ3v) is 8.07. The lowest BCUT2D eigenvalue weighted by molar-refractivity contribution is 0.0928. The van der Waals surface area contributed by atoms with E-state index in [4.69, 9.17) is 0 Å². The molecule has 2 saturated heterocycles. The third kappa shape index (κ3) is 5.07. The van der Waals surface area contributed by atoms with Crippen LogP contribution in [-0.4, -0.2) is 85.0 Å². The van der Waals surface area contributed by atoms with Crippen LogP contribution in [0.4, 0.5) is 4.79 Å². The van der Waals surface area contributed by atoms with E-state index in [1.807, 2.05) is 0 Å². The number of carbonyl (C=O) groups is 1. The van der Waals surface area contributed by atoms with Crippen molar-refractivity contribution in [2.24, 2.45) is 0 Å². The number of hydrogen-bond donors (Lipinski definition) is 2. The normalized spacial score (nSPS) is 19.6. The van der Waals surface area contributed by atoms with Crippen LogP contribution in [0.2, 0.25) is 0 Å². The Labute approximate surface area is 179 Å². The molecule has 0 atom stereocenters. The minimum Gasteiger partial charge on any atom is -0.507 e. The molecule has 0 aliphatic carbocycles. The van der Waals surface area contributed by atoms with Crippen molar-refractivity contribution in [2.45, 2.75) is 50.5 Å². The van der Waals surface area contributed by atoms with Gasteiger partial charge in [0.2, 0.25) is 10.0 Å². The second-order valence-corrected chi connectivity index (χ2v) is 10.8. The van der Waals surface area contributed by atoms with Gasteiger partial charge in [-0.1, -0.05) is 12.5 Å². The molecule has 8 nitrogen and oxygen atoms in total. The highest BCUT2D eigenvalue weighted by Crippen LogP contribution is 2.27. The molecule has 0 saturated carbocycles. The third-order valence-electron chi connectivity index (χ3n) is 6.14. The van der Waals surface area contributed by atoms with Crippen LogP contribution in [0.5, 0.6) is 5.75 Å². The van der Waals surface area contributed by atoms with E-state index in [0.717, 1.165) is 18.7 Å². The number of benzene rings is 1. The Bertz CT molecular complexity index is 858. The highest BCUT2D eigenvalue weighted by molar-refractivity contribution is 7.89. The molecule has 2 heterocycles. The van der Waals surface area contributed by atoms with E-state index in [2.05, 4.69) is 24.1 Å². The number of urea groups is 1. The number of likely N-dealkylation sites (tertiary alicyclic amines) is 1. The second-order valence-electron chi connectivity index (χ2n) is 8.88. The van der Waals surface area contributed by atoms with E-state index in [0.29, 0.717) is 19.6 Å². The van der Waals surface area contributed by atoms with Crippen LogP contribution >= 0.6 is 0 Å². The zero-order valence-electron chi connectivity index (χ0n) is 18.2. The van der Waals surface area contributed by atoms with Crippen molar-refractivity contribution in [3.05, 3.63) is 23.8 Å². The van der Waals surface area contributed by atoms with E-state index >= 15 is 0 Å². The molecule has 168 valence electrons. The summed E-state index contributed by atoms with van der Waals surface area (Å²) in [7, 11) is -3.80. The molecule has 0 spiro atoms. The summed E-state index contributed by atoms with van der Waals surface area (Å²) in [4.78, 5) is 16.6. The van der Waals surface area contributed by atoms with E-state index < -0.39 is 10.0 Å². The number of hydrogen-bond acceptors (Lipinski definition) is 5. The summed E-state index contributed by atoms with van der Waals surface area (Å²) in [5.74, 6) is -0.249. The van der Waals surface area contributed by atoms with Gasteiger partial charge in [-0.05, 0) is 64.4 Å². The predicted octanol–water partition coefficient (Wildman–Crippen LogP) is 1.98. The van der Waals surface area contributed by atoms with Gasteiger partial charge >= 0.3 is 6.03 Å². The Kier molecular flexibility index (Phi) is 6.94. The summed E-state index contributed by atoms with van der Waals surface area (Å²) in [5.41, 5.74) is 0.657. The van der Waals surface area contributed by atoms with Crippen LogP contribution in [-0.2, 0) is 10.0 Å². The number of phenolic OH excluding ortho intramolecular Hbond substituents is 1. The summed E-state index contributed by atoms with van der Waals surface area (Å²) in [6.07, 6.45) is 3.67. The molecule has 9 heteroatoms. The van der Waals surface area contributed by atoms with Gasteiger partial charge in [-0.2, -0.15) is 4.31 Å². The van der Waals surface area contributed by atoms with Crippen molar-refractivity contribution in [1.29, 1.82) is 0 Å². The standard InChI is InChI=1S/C21H34N4O4S/c1-17-7-8-18(26)19(15-17)30(28,29)25-13-11-23(12-14-25)20(27)22-16-21(2,3)24-9-5-4-6-10-24/h7-8,15,26H,4-6,9-14,16H2,1-3H3,(H,22,27).